The monoisotopic (exact) mass is 477 g/mol. The van der Waals surface area contributed by atoms with Crippen molar-refractivity contribution in [1.82, 2.24) is 10.3 Å². The molecule has 0 aliphatic carbocycles. The lowest BCUT2D eigenvalue weighted by atomic mass is 10.1. The van der Waals surface area contributed by atoms with Crippen LogP contribution in [0.25, 0.3) is 0 Å². The highest BCUT2D eigenvalue weighted by molar-refractivity contribution is 6.00. The molecule has 0 radical (unpaired) electrons. The fourth-order valence-corrected chi connectivity index (χ4v) is 3.83. The van der Waals surface area contributed by atoms with Crippen molar-refractivity contribution in [3.8, 4) is 34.6 Å². The van der Waals surface area contributed by atoms with Gasteiger partial charge in [0.25, 0.3) is 0 Å². The summed E-state index contributed by atoms with van der Waals surface area (Å²) < 4.78 is 28.6. The molecule has 1 aromatic heterocycles. The highest BCUT2D eigenvalue weighted by Crippen LogP contribution is 2.38. The van der Waals surface area contributed by atoms with Gasteiger partial charge in [0, 0.05) is 19.3 Å². The molecule has 0 spiro atoms. The molecule has 3 aromatic rings. The Hall–Kier alpha value is -3.94. The second-order valence-corrected chi connectivity index (χ2v) is 7.93. The van der Waals surface area contributed by atoms with Gasteiger partial charge in [-0.25, -0.2) is 4.98 Å². The van der Waals surface area contributed by atoms with Gasteiger partial charge < -0.3 is 29.0 Å². The van der Waals surface area contributed by atoms with Crippen molar-refractivity contribution in [1.29, 1.82) is 0 Å². The summed E-state index contributed by atoms with van der Waals surface area (Å²) in [6.07, 6.45) is 4.63. The predicted octanol–water partition coefficient (Wildman–Crippen LogP) is 5.00. The maximum absolute atomic E-state index is 6.23. The number of para-hydroxylation sites is 2. The summed E-state index contributed by atoms with van der Waals surface area (Å²) in [5.74, 6) is 4.24. The Labute approximate surface area is 205 Å². The van der Waals surface area contributed by atoms with Gasteiger partial charge in [-0.15, -0.1) is 0 Å². The van der Waals surface area contributed by atoms with Gasteiger partial charge in [0.05, 0.1) is 33.5 Å². The fourth-order valence-electron chi connectivity index (χ4n) is 3.83. The van der Waals surface area contributed by atoms with E-state index in [0.717, 1.165) is 30.4 Å². The van der Waals surface area contributed by atoms with E-state index in [4.69, 9.17) is 28.7 Å². The zero-order chi connectivity index (χ0) is 24.5. The first-order valence-electron chi connectivity index (χ1n) is 11.7. The summed E-state index contributed by atoms with van der Waals surface area (Å²) in [7, 11) is 4.80. The first kappa shape index (κ1) is 24.2. The molecule has 0 bridgehead atoms. The van der Waals surface area contributed by atoms with Crippen LogP contribution in [-0.2, 0) is 6.54 Å². The average Bonchev–Trinajstić information content (AvgIpc) is 2.91. The molecule has 0 unspecified atom stereocenters. The molecule has 2 heterocycles. The topological polar surface area (TPSA) is 83.4 Å². The van der Waals surface area contributed by atoms with Crippen LogP contribution in [0.15, 0.2) is 59.7 Å². The molecule has 4 rings (SSSR count). The smallest absolute Gasteiger partial charge is 0.230 e. The number of aliphatic imine (C=N–C) groups is 1. The minimum atomic E-state index is 0.457. The second kappa shape index (κ2) is 12.0. The molecule has 0 saturated carbocycles. The predicted molar refractivity (Wildman–Crippen MR) is 134 cm³/mol. The van der Waals surface area contributed by atoms with E-state index >= 15 is 0 Å². The molecule has 1 aliphatic rings. The number of hydrogen-bond donors (Lipinski definition) is 1. The van der Waals surface area contributed by atoms with Crippen LogP contribution in [0, 0.1) is 0 Å². The molecule has 0 fully saturated rings. The van der Waals surface area contributed by atoms with Crippen molar-refractivity contribution in [2.75, 3.05) is 34.5 Å². The molecule has 2 aromatic carbocycles. The number of rotatable bonds is 5. The zero-order valence-corrected chi connectivity index (χ0v) is 20.4. The molecule has 35 heavy (non-hydrogen) atoms. The van der Waals surface area contributed by atoms with E-state index in [-0.39, 0.29) is 0 Å². The maximum atomic E-state index is 6.23. The van der Waals surface area contributed by atoms with Crippen molar-refractivity contribution >= 4 is 5.84 Å². The van der Waals surface area contributed by atoms with Crippen LogP contribution < -0.4 is 29.0 Å². The number of fused-ring (bicyclic) bond motifs is 2. The van der Waals surface area contributed by atoms with Gasteiger partial charge >= 0.3 is 0 Å². The van der Waals surface area contributed by atoms with E-state index in [1.165, 1.54) is 0 Å². The Morgan fingerprint density at radius 3 is 2.40 bits per heavy atom. The third-order valence-electron chi connectivity index (χ3n) is 5.60. The Morgan fingerprint density at radius 2 is 1.66 bits per heavy atom. The summed E-state index contributed by atoms with van der Waals surface area (Å²) in [5.41, 5.74) is 1.73. The van der Waals surface area contributed by atoms with E-state index in [1.807, 2.05) is 48.5 Å². The van der Waals surface area contributed by atoms with E-state index in [1.54, 1.807) is 27.5 Å². The number of benzene rings is 2. The normalized spacial score (nSPS) is 13.7. The molecular weight excluding hydrogens is 446 g/mol. The molecule has 1 aliphatic heterocycles. The van der Waals surface area contributed by atoms with E-state index < -0.39 is 0 Å². The van der Waals surface area contributed by atoms with Gasteiger partial charge in [-0.2, -0.15) is 0 Å². The summed E-state index contributed by atoms with van der Waals surface area (Å²) in [5, 5.41) is 3.47. The fraction of sp³-hybridized carbons (Fsp3) is 0.333. The highest BCUT2D eigenvalue weighted by atomic mass is 16.5. The Morgan fingerprint density at radius 1 is 0.886 bits per heavy atom. The zero-order valence-electron chi connectivity index (χ0n) is 20.4. The Balaban J connectivity index is 1.65. The number of hydrogen-bond acceptors (Lipinski definition) is 8. The quantitative estimate of drug-likeness (QED) is 0.554. The summed E-state index contributed by atoms with van der Waals surface area (Å²) in [6.45, 7) is 1.80. The van der Waals surface area contributed by atoms with Gasteiger partial charge in [-0.1, -0.05) is 12.1 Å². The number of nitrogens with zero attached hydrogens (tertiary/aromatic N) is 2. The first-order chi connectivity index (χ1) is 17.2. The lowest BCUT2D eigenvalue weighted by Crippen LogP contribution is -2.25. The van der Waals surface area contributed by atoms with Crippen LogP contribution in [-0.4, -0.2) is 45.3 Å². The molecule has 184 valence electrons. The van der Waals surface area contributed by atoms with Crippen molar-refractivity contribution in [3.05, 3.63) is 65.9 Å². The minimum Gasteiger partial charge on any atom is -0.493 e. The summed E-state index contributed by atoms with van der Waals surface area (Å²) in [6, 6.07) is 15.3. The van der Waals surface area contributed by atoms with Gasteiger partial charge in [0.1, 0.15) is 5.84 Å². The van der Waals surface area contributed by atoms with E-state index in [0.29, 0.717) is 60.2 Å². The van der Waals surface area contributed by atoms with Crippen LogP contribution in [0.1, 0.15) is 30.4 Å². The van der Waals surface area contributed by atoms with Gasteiger partial charge in [0.2, 0.25) is 11.6 Å². The van der Waals surface area contributed by atoms with Gasteiger partial charge in [-0.3, -0.25) is 4.99 Å². The van der Waals surface area contributed by atoms with Crippen LogP contribution in [0.3, 0.4) is 0 Å². The van der Waals surface area contributed by atoms with Crippen molar-refractivity contribution in [2.24, 2.45) is 4.99 Å². The lowest BCUT2D eigenvalue weighted by molar-refractivity contribution is 0.291. The van der Waals surface area contributed by atoms with Crippen LogP contribution in [0.2, 0.25) is 0 Å². The number of pyridine rings is 1. The third kappa shape index (κ3) is 5.95. The van der Waals surface area contributed by atoms with Gasteiger partial charge in [0.15, 0.2) is 23.0 Å². The van der Waals surface area contributed by atoms with Crippen LogP contribution in [0.4, 0.5) is 0 Å². The second-order valence-electron chi connectivity index (χ2n) is 7.93. The molecule has 8 heteroatoms. The largest absolute Gasteiger partial charge is 0.493 e. The maximum Gasteiger partial charge on any atom is 0.230 e. The van der Waals surface area contributed by atoms with Crippen molar-refractivity contribution in [2.45, 2.75) is 25.8 Å². The number of methoxy groups -OCH3 is 3. The number of ether oxygens (including phenoxy) is 5. The van der Waals surface area contributed by atoms with E-state index in [2.05, 4.69) is 10.3 Å². The summed E-state index contributed by atoms with van der Waals surface area (Å²) >= 11 is 0. The first-order valence-corrected chi connectivity index (χ1v) is 11.7. The molecule has 0 amide bonds. The lowest BCUT2D eigenvalue weighted by Gasteiger charge is -2.17. The average molecular weight is 478 g/mol. The SMILES string of the molecule is COc1cc(CNC2=NCCCCCOc3ccccc3Oc3ncccc32)cc(OC)c1OC. The van der Waals surface area contributed by atoms with Crippen LogP contribution in [0.5, 0.6) is 34.6 Å². The summed E-state index contributed by atoms with van der Waals surface area (Å²) in [4.78, 5) is 9.37. The molecule has 1 N–H and O–H groups in total. The molecule has 0 atom stereocenters. The van der Waals surface area contributed by atoms with Crippen molar-refractivity contribution in [3.63, 3.8) is 0 Å². The minimum absolute atomic E-state index is 0.457. The molecular formula is C27H31N3O5. The highest BCUT2D eigenvalue weighted by Gasteiger charge is 2.17. The number of aromatic nitrogens is 1. The number of amidine groups is 1. The third-order valence-corrected chi connectivity index (χ3v) is 5.60. The standard InChI is InChI=1S/C27H31N3O5/c1-31-23-16-19(17-24(32-2)25(23)33-3)18-30-26-20-10-9-14-29-27(20)35-22-12-6-5-11-21(22)34-15-8-4-7-13-28-26/h5-6,9-12,14,16-17H,4,7-8,13,15,18H2,1-3H3,(H,28,30). The Bertz CT molecular complexity index is 1140. The number of nitrogens with one attached hydrogen (secondary N) is 1. The molecule has 8 nitrogen and oxygen atoms in total. The van der Waals surface area contributed by atoms with Gasteiger partial charge in [-0.05, 0) is 61.2 Å². The Kier molecular flexibility index (Phi) is 8.27. The van der Waals surface area contributed by atoms with E-state index in [9.17, 15) is 0 Å². The van der Waals surface area contributed by atoms with Crippen molar-refractivity contribution < 1.29 is 23.7 Å². The van der Waals surface area contributed by atoms with Crippen LogP contribution >= 0.6 is 0 Å². The molecule has 0 saturated heterocycles.